The van der Waals surface area contributed by atoms with E-state index in [2.05, 4.69) is 10.3 Å². The average Bonchev–Trinajstić information content (AvgIpc) is 2.79. The zero-order valence-electron chi connectivity index (χ0n) is 9.43. The molecule has 0 spiro atoms. The summed E-state index contributed by atoms with van der Waals surface area (Å²) in [5, 5.41) is 4.20. The van der Waals surface area contributed by atoms with Crippen molar-refractivity contribution < 1.29 is 4.79 Å². The number of carbonyl (C=O) groups is 1. The van der Waals surface area contributed by atoms with Gasteiger partial charge in [-0.25, -0.2) is 0 Å². The number of nitrogens with zero attached hydrogens (tertiary/aromatic N) is 1. The molecule has 2 unspecified atom stereocenters. The van der Waals surface area contributed by atoms with Crippen molar-refractivity contribution in [2.24, 2.45) is 0 Å². The zero-order valence-corrected chi connectivity index (χ0v) is 12.4. The Morgan fingerprint density at radius 1 is 1.53 bits per heavy atom. The molecular weight excluding hydrogens is 347 g/mol. The van der Waals surface area contributed by atoms with E-state index in [1.54, 1.807) is 0 Å². The molecule has 1 aromatic heterocycles. The SMILES string of the molecule is O=C(I)C1CCC(CNCc2ccccn2)S1. The van der Waals surface area contributed by atoms with Gasteiger partial charge in [0.15, 0.2) is 0 Å². The van der Waals surface area contributed by atoms with Gasteiger partial charge in [-0.05, 0) is 25.0 Å². The highest BCUT2D eigenvalue weighted by molar-refractivity contribution is 14.1. The first-order valence-corrected chi connectivity index (χ1v) is 7.73. The van der Waals surface area contributed by atoms with Crippen LogP contribution < -0.4 is 5.32 Å². The molecule has 1 N–H and O–H groups in total. The van der Waals surface area contributed by atoms with Crippen LogP contribution in [0.1, 0.15) is 18.5 Å². The second-order valence-electron chi connectivity index (χ2n) is 4.08. The van der Waals surface area contributed by atoms with Crippen molar-refractivity contribution in [2.75, 3.05) is 6.54 Å². The summed E-state index contributed by atoms with van der Waals surface area (Å²) in [6, 6.07) is 5.94. The van der Waals surface area contributed by atoms with Crippen LogP contribution in [0.4, 0.5) is 0 Å². The monoisotopic (exact) mass is 362 g/mol. The third kappa shape index (κ3) is 4.22. The van der Waals surface area contributed by atoms with Gasteiger partial charge in [-0.15, -0.1) is 11.8 Å². The molecule has 0 bridgehead atoms. The van der Waals surface area contributed by atoms with Gasteiger partial charge in [0.05, 0.1) is 10.9 Å². The van der Waals surface area contributed by atoms with E-state index in [9.17, 15) is 4.79 Å². The molecule has 1 aromatic rings. The molecule has 2 rings (SSSR count). The molecule has 0 aliphatic carbocycles. The Labute approximate surface area is 119 Å². The van der Waals surface area contributed by atoms with Gasteiger partial charge in [-0.1, -0.05) is 6.07 Å². The van der Waals surface area contributed by atoms with Crippen molar-refractivity contribution in [2.45, 2.75) is 29.9 Å². The van der Waals surface area contributed by atoms with Gasteiger partial charge in [0, 0.05) is 47.1 Å². The lowest BCUT2D eigenvalue weighted by Gasteiger charge is -2.10. The Bertz CT molecular complexity index is 374. The molecule has 2 heterocycles. The number of halogens is 1. The van der Waals surface area contributed by atoms with Gasteiger partial charge < -0.3 is 5.32 Å². The molecule has 1 fully saturated rings. The van der Waals surface area contributed by atoms with E-state index in [-0.39, 0.29) is 5.25 Å². The molecule has 5 heteroatoms. The highest BCUT2D eigenvalue weighted by atomic mass is 127. The van der Waals surface area contributed by atoms with Gasteiger partial charge in [0.25, 0.3) is 0 Å². The summed E-state index contributed by atoms with van der Waals surface area (Å²) in [5.41, 5.74) is 1.07. The van der Waals surface area contributed by atoms with Crippen LogP contribution in [0.2, 0.25) is 0 Å². The molecule has 3 nitrogen and oxygen atoms in total. The zero-order chi connectivity index (χ0) is 12.1. The number of rotatable bonds is 5. The first-order chi connectivity index (χ1) is 8.25. The van der Waals surface area contributed by atoms with Crippen molar-refractivity contribution in [3.63, 3.8) is 0 Å². The molecule has 92 valence electrons. The minimum Gasteiger partial charge on any atom is -0.310 e. The number of thioether (sulfide) groups is 1. The van der Waals surface area contributed by atoms with Gasteiger partial charge >= 0.3 is 0 Å². The molecule has 1 saturated heterocycles. The number of carbonyl (C=O) groups excluding carboxylic acids is 1. The van der Waals surface area contributed by atoms with Crippen molar-refractivity contribution in [3.8, 4) is 0 Å². The summed E-state index contributed by atoms with van der Waals surface area (Å²) in [6.07, 6.45) is 3.98. The van der Waals surface area contributed by atoms with E-state index >= 15 is 0 Å². The molecule has 0 aromatic carbocycles. The topological polar surface area (TPSA) is 42.0 Å². The fraction of sp³-hybridized carbons (Fsp3) is 0.500. The Kier molecular flexibility index (Phi) is 5.24. The van der Waals surface area contributed by atoms with Gasteiger partial charge in [0.1, 0.15) is 0 Å². The predicted octanol–water partition coefficient (Wildman–Crippen LogP) is 2.40. The Hall–Kier alpha value is -0.140. The van der Waals surface area contributed by atoms with E-state index in [0.717, 1.165) is 31.6 Å². The molecule has 0 saturated carbocycles. The molecule has 1 aliphatic heterocycles. The lowest BCUT2D eigenvalue weighted by Crippen LogP contribution is -2.23. The lowest BCUT2D eigenvalue weighted by molar-refractivity contribution is -0.109. The van der Waals surface area contributed by atoms with E-state index in [1.165, 1.54) is 0 Å². The van der Waals surface area contributed by atoms with Crippen LogP contribution in [0.5, 0.6) is 0 Å². The molecule has 0 amide bonds. The third-order valence-corrected chi connectivity index (χ3v) is 5.50. The van der Waals surface area contributed by atoms with E-state index in [1.807, 2.05) is 58.7 Å². The number of nitrogens with one attached hydrogen (secondary N) is 1. The Morgan fingerprint density at radius 2 is 2.41 bits per heavy atom. The number of hydrogen-bond donors (Lipinski definition) is 1. The second-order valence-corrected chi connectivity index (χ2v) is 6.65. The summed E-state index contributed by atoms with van der Waals surface area (Å²) in [6.45, 7) is 1.77. The van der Waals surface area contributed by atoms with Crippen molar-refractivity contribution >= 4 is 38.1 Å². The van der Waals surface area contributed by atoms with Gasteiger partial charge in [-0.3, -0.25) is 9.78 Å². The summed E-state index contributed by atoms with van der Waals surface area (Å²) in [4.78, 5) is 15.5. The highest BCUT2D eigenvalue weighted by Gasteiger charge is 2.28. The van der Waals surface area contributed by atoms with E-state index in [0.29, 0.717) is 9.04 Å². The lowest BCUT2D eigenvalue weighted by atomic mass is 10.2. The van der Waals surface area contributed by atoms with Crippen LogP contribution in [-0.2, 0) is 11.3 Å². The summed E-state index contributed by atoms with van der Waals surface area (Å²) in [5.74, 6) is 0. The average molecular weight is 362 g/mol. The van der Waals surface area contributed by atoms with Crippen LogP contribution in [-0.4, -0.2) is 25.8 Å². The maximum atomic E-state index is 11.2. The Morgan fingerprint density at radius 3 is 3.06 bits per heavy atom. The normalized spacial score (nSPS) is 23.8. The predicted molar refractivity (Wildman–Crippen MR) is 79.4 cm³/mol. The summed E-state index contributed by atoms with van der Waals surface area (Å²) >= 11 is 3.73. The van der Waals surface area contributed by atoms with Crippen LogP contribution >= 0.6 is 34.4 Å². The van der Waals surface area contributed by atoms with E-state index in [4.69, 9.17) is 0 Å². The van der Waals surface area contributed by atoms with Crippen molar-refractivity contribution in [1.82, 2.24) is 10.3 Å². The molecular formula is C12H15IN2OS. The fourth-order valence-corrected chi connectivity index (χ4v) is 3.97. The van der Waals surface area contributed by atoms with Crippen molar-refractivity contribution in [1.29, 1.82) is 0 Å². The Balaban J connectivity index is 1.68. The number of hydrogen-bond acceptors (Lipinski definition) is 4. The molecule has 17 heavy (non-hydrogen) atoms. The van der Waals surface area contributed by atoms with Crippen LogP contribution in [0.3, 0.4) is 0 Å². The first kappa shape index (κ1) is 13.3. The molecule has 2 atom stereocenters. The summed E-state index contributed by atoms with van der Waals surface area (Å²) < 4.78 is 0.292. The minimum atomic E-state index is 0.220. The van der Waals surface area contributed by atoms with Crippen LogP contribution in [0.15, 0.2) is 24.4 Å². The number of pyridine rings is 1. The van der Waals surface area contributed by atoms with Crippen LogP contribution in [0.25, 0.3) is 0 Å². The van der Waals surface area contributed by atoms with Crippen molar-refractivity contribution in [3.05, 3.63) is 30.1 Å². The van der Waals surface area contributed by atoms with Crippen LogP contribution in [0, 0.1) is 0 Å². The third-order valence-electron chi connectivity index (χ3n) is 2.76. The largest absolute Gasteiger partial charge is 0.310 e. The highest BCUT2D eigenvalue weighted by Crippen LogP contribution is 2.34. The summed E-state index contributed by atoms with van der Waals surface area (Å²) in [7, 11) is 0. The first-order valence-electron chi connectivity index (χ1n) is 5.71. The maximum absolute atomic E-state index is 11.2. The standard InChI is InChI=1S/C12H15IN2OS/c13-12(16)11-5-4-10(17-11)8-14-7-9-3-1-2-6-15-9/h1-3,6,10-11,14H,4-5,7-8H2. The fourth-order valence-electron chi connectivity index (χ4n) is 1.89. The van der Waals surface area contributed by atoms with E-state index < -0.39 is 0 Å². The van der Waals surface area contributed by atoms with Gasteiger partial charge in [0.2, 0.25) is 3.79 Å². The number of aromatic nitrogens is 1. The molecule has 0 radical (unpaired) electrons. The smallest absolute Gasteiger partial charge is 0.205 e. The molecule has 1 aliphatic rings. The maximum Gasteiger partial charge on any atom is 0.205 e. The van der Waals surface area contributed by atoms with Gasteiger partial charge in [-0.2, -0.15) is 0 Å². The minimum absolute atomic E-state index is 0.220. The quantitative estimate of drug-likeness (QED) is 0.645. The second kappa shape index (κ2) is 6.70.